The third-order valence-electron chi connectivity index (χ3n) is 4.87. The fraction of sp³-hybridized carbons (Fsp3) is 0.208. The summed E-state index contributed by atoms with van der Waals surface area (Å²) in [4.78, 5) is 11.9. The molecule has 2 heterocycles. The van der Waals surface area contributed by atoms with Crippen molar-refractivity contribution in [1.29, 1.82) is 0 Å². The number of ether oxygens (including phenoxy) is 2. The summed E-state index contributed by atoms with van der Waals surface area (Å²) in [5, 5.41) is 10.9. The molecule has 0 saturated heterocycles. The molecule has 2 aromatic heterocycles. The summed E-state index contributed by atoms with van der Waals surface area (Å²) >= 11 is 0. The molecule has 0 unspecified atom stereocenters. The summed E-state index contributed by atoms with van der Waals surface area (Å²) in [5.41, 5.74) is 1.79. The molecule has 0 aliphatic rings. The van der Waals surface area contributed by atoms with E-state index in [0.717, 1.165) is 10.9 Å². The molecule has 0 spiro atoms. The number of rotatable bonds is 7. The van der Waals surface area contributed by atoms with Gasteiger partial charge in [0.2, 0.25) is 0 Å². The lowest BCUT2D eigenvalue weighted by Crippen LogP contribution is -2.06. The van der Waals surface area contributed by atoms with Crippen LogP contribution < -0.4 is 10.4 Å². The van der Waals surface area contributed by atoms with Crippen LogP contribution in [0.1, 0.15) is 16.7 Å². The van der Waals surface area contributed by atoms with Gasteiger partial charge in [0.05, 0.1) is 18.8 Å². The summed E-state index contributed by atoms with van der Waals surface area (Å²) in [6, 6.07) is 17.2. The number of hydrogen-bond acceptors (Lipinski definition) is 6. The van der Waals surface area contributed by atoms with Crippen molar-refractivity contribution in [2.75, 3.05) is 13.2 Å². The average Bonchev–Trinajstić information content (AvgIpc) is 3.18. The molecular weight excluding hydrogens is 384 g/mol. The third kappa shape index (κ3) is 4.09. The monoisotopic (exact) mass is 406 g/mol. The van der Waals surface area contributed by atoms with Crippen LogP contribution in [0.3, 0.4) is 0 Å². The van der Waals surface area contributed by atoms with Gasteiger partial charge in [0.25, 0.3) is 0 Å². The van der Waals surface area contributed by atoms with E-state index in [-0.39, 0.29) is 17.1 Å². The zero-order chi connectivity index (χ0) is 21.1. The molecule has 0 fully saturated rings. The molecule has 2 aromatic carbocycles. The zero-order valence-corrected chi connectivity index (χ0v) is 16.8. The summed E-state index contributed by atoms with van der Waals surface area (Å²) in [6.07, 6.45) is 0. The zero-order valence-electron chi connectivity index (χ0n) is 16.8. The van der Waals surface area contributed by atoms with E-state index in [1.54, 1.807) is 19.1 Å². The highest BCUT2D eigenvalue weighted by atomic mass is 16.5. The van der Waals surface area contributed by atoms with Gasteiger partial charge in [0.1, 0.15) is 23.7 Å². The number of furan rings is 1. The van der Waals surface area contributed by atoms with Gasteiger partial charge >= 0.3 is 5.63 Å². The van der Waals surface area contributed by atoms with Crippen molar-refractivity contribution >= 4 is 11.0 Å². The SMILES string of the molecule is Cc1c(-c2cc3cc(OCCOCc4ccccc4)ccc3o2)oc(=O)c(C)c1O. The number of fused-ring (bicyclic) bond motifs is 1. The van der Waals surface area contributed by atoms with Crippen LogP contribution in [0.4, 0.5) is 0 Å². The minimum absolute atomic E-state index is 0.0822. The Morgan fingerprint density at radius 2 is 1.73 bits per heavy atom. The van der Waals surface area contributed by atoms with Gasteiger partial charge in [-0.15, -0.1) is 0 Å². The third-order valence-corrected chi connectivity index (χ3v) is 4.87. The lowest BCUT2D eigenvalue weighted by atomic mass is 10.1. The first-order valence-electron chi connectivity index (χ1n) is 9.64. The van der Waals surface area contributed by atoms with E-state index in [0.29, 0.717) is 42.5 Å². The molecule has 0 aliphatic heterocycles. The Balaban J connectivity index is 1.44. The number of hydrogen-bond donors (Lipinski definition) is 1. The van der Waals surface area contributed by atoms with Crippen molar-refractivity contribution in [2.24, 2.45) is 0 Å². The predicted octanol–water partition coefficient (Wildman–Crippen LogP) is 4.97. The second-order valence-corrected chi connectivity index (χ2v) is 7.01. The maximum absolute atomic E-state index is 11.9. The van der Waals surface area contributed by atoms with E-state index in [9.17, 15) is 9.90 Å². The van der Waals surface area contributed by atoms with Gasteiger partial charge < -0.3 is 23.4 Å². The van der Waals surface area contributed by atoms with Crippen LogP contribution >= 0.6 is 0 Å². The van der Waals surface area contributed by atoms with Gasteiger partial charge in [0.15, 0.2) is 11.5 Å². The van der Waals surface area contributed by atoms with Crippen LogP contribution in [0.5, 0.6) is 11.5 Å². The molecule has 0 saturated carbocycles. The van der Waals surface area contributed by atoms with Gasteiger partial charge in [0, 0.05) is 10.9 Å². The van der Waals surface area contributed by atoms with Crippen LogP contribution in [-0.4, -0.2) is 18.3 Å². The highest BCUT2D eigenvalue weighted by molar-refractivity contribution is 5.84. The first-order chi connectivity index (χ1) is 14.5. The van der Waals surface area contributed by atoms with Crippen LogP contribution in [0.15, 0.2) is 68.2 Å². The van der Waals surface area contributed by atoms with E-state index in [1.165, 1.54) is 6.92 Å². The van der Waals surface area contributed by atoms with Gasteiger partial charge in [-0.1, -0.05) is 30.3 Å². The first-order valence-corrected chi connectivity index (χ1v) is 9.64. The Morgan fingerprint density at radius 3 is 2.53 bits per heavy atom. The van der Waals surface area contributed by atoms with Crippen molar-refractivity contribution in [3.63, 3.8) is 0 Å². The topological polar surface area (TPSA) is 82.0 Å². The predicted molar refractivity (Wildman–Crippen MR) is 113 cm³/mol. The summed E-state index contributed by atoms with van der Waals surface area (Å²) in [5.74, 6) is 1.19. The van der Waals surface area contributed by atoms with E-state index in [1.807, 2.05) is 42.5 Å². The average molecular weight is 406 g/mol. The Morgan fingerprint density at radius 1 is 0.933 bits per heavy atom. The molecule has 6 heteroatoms. The lowest BCUT2D eigenvalue weighted by Gasteiger charge is -2.07. The van der Waals surface area contributed by atoms with Crippen molar-refractivity contribution in [2.45, 2.75) is 20.5 Å². The second-order valence-electron chi connectivity index (χ2n) is 7.01. The smallest absolute Gasteiger partial charge is 0.343 e. The molecule has 0 bridgehead atoms. The molecule has 154 valence electrons. The minimum Gasteiger partial charge on any atom is -0.507 e. The molecule has 0 aliphatic carbocycles. The highest BCUT2D eigenvalue weighted by Gasteiger charge is 2.18. The van der Waals surface area contributed by atoms with Crippen molar-refractivity contribution in [3.05, 3.63) is 81.7 Å². The van der Waals surface area contributed by atoms with Crippen LogP contribution in [0, 0.1) is 13.8 Å². The molecule has 4 aromatic rings. The maximum Gasteiger partial charge on any atom is 0.343 e. The van der Waals surface area contributed by atoms with Crippen molar-refractivity contribution in [1.82, 2.24) is 0 Å². The molecule has 1 N–H and O–H groups in total. The Labute approximate surface area is 173 Å². The minimum atomic E-state index is -0.590. The molecule has 0 amide bonds. The first kappa shape index (κ1) is 19.8. The van der Waals surface area contributed by atoms with Crippen LogP contribution in [0.2, 0.25) is 0 Å². The van der Waals surface area contributed by atoms with Crippen molar-refractivity contribution in [3.8, 4) is 23.0 Å². The van der Waals surface area contributed by atoms with Gasteiger partial charge in [-0.2, -0.15) is 0 Å². The van der Waals surface area contributed by atoms with Gasteiger partial charge in [-0.25, -0.2) is 4.79 Å². The molecule has 0 radical (unpaired) electrons. The molecule has 0 atom stereocenters. The molecule has 30 heavy (non-hydrogen) atoms. The Kier molecular flexibility index (Phi) is 5.59. The van der Waals surface area contributed by atoms with Crippen LogP contribution in [-0.2, 0) is 11.3 Å². The fourth-order valence-electron chi connectivity index (χ4n) is 3.17. The fourth-order valence-corrected chi connectivity index (χ4v) is 3.17. The van der Waals surface area contributed by atoms with Gasteiger partial charge in [-0.05, 0) is 43.7 Å². The standard InChI is InChI=1S/C24H22O6/c1-15-22(25)16(2)24(26)30-23(15)21-13-18-12-19(8-9-20(18)29-21)28-11-10-27-14-17-6-4-3-5-7-17/h3-9,12-13,25H,10-11,14H2,1-2H3. The number of aromatic hydroxyl groups is 1. The van der Waals surface area contributed by atoms with Gasteiger partial charge in [-0.3, -0.25) is 0 Å². The summed E-state index contributed by atoms with van der Waals surface area (Å²) < 4.78 is 22.5. The Hall–Kier alpha value is -3.51. The number of benzene rings is 2. The molecular formula is C24H22O6. The maximum atomic E-state index is 11.9. The van der Waals surface area contributed by atoms with Crippen LogP contribution in [0.25, 0.3) is 22.5 Å². The van der Waals surface area contributed by atoms with Crippen molar-refractivity contribution < 1.29 is 23.4 Å². The van der Waals surface area contributed by atoms with E-state index in [4.69, 9.17) is 18.3 Å². The molecule has 6 nitrogen and oxygen atoms in total. The Bertz CT molecular complexity index is 1220. The van der Waals surface area contributed by atoms with E-state index >= 15 is 0 Å². The van der Waals surface area contributed by atoms with E-state index in [2.05, 4.69) is 0 Å². The highest BCUT2D eigenvalue weighted by Crippen LogP contribution is 2.34. The normalized spacial score (nSPS) is 11.1. The summed E-state index contributed by atoms with van der Waals surface area (Å²) in [7, 11) is 0. The quantitative estimate of drug-likeness (QED) is 0.436. The lowest BCUT2D eigenvalue weighted by molar-refractivity contribution is 0.0889. The second kappa shape index (κ2) is 8.47. The largest absolute Gasteiger partial charge is 0.507 e. The summed E-state index contributed by atoms with van der Waals surface area (Å²) in [6.45, 7) is 4.63. The van der Waals surface area contributed by atoms with E-state index < -0.39 is 5.63 Å². The molecule has 4 rings (SSSR count).